The van der Waals surface area contributed by atoms with Crippen LogP contribution in [0.15, 0.2) is 53.4 Å². The van der Waals surface area contributed by atoms with Crippen LogP contribution in [-0.4, -0.2) is 39.1 Å². The molecule has 0 aliphatic carbocycles. The zero-order valence-electron chi connectivity index (χ0n) is 15.9. The van der Waals surface area contributed by atoms with Gasteiger partial charge in [-0.1, -0.05) is 24.3 Å². The van der Waals surface area contributed by atoms with Crippen molar-refractivity contribution < 1.29 is 22.7 Å². The lowest BCUT2D eigenvalue weighted by atomic mass is 10.1. The number of rotatable bonds is 4. The minimum absolute atomic E-state index is 0.123. The zero-order chi connectivity index (χ0) is 20.5. The number of amides is 2. The normalized spacial score (nSPS) is 17.2. The SMILES string of the molecule is CC(=O)N1C[C@@H](C(=O)N[C@H](C)c2ccc(S(C)(=O)=O)cc2)Oc2ccccc21. The molecule has 3 rings (SSSR count). The van der Waals surface area contributed by atoms with E-state index < -0.39 is 15.9 Å². The first-order chi connectivity index (χ1) is 13.2. The largest absolute Gasteiger partial charge is 0.477 e. The molecule has 148 valence electrons. The summed E-state index contributed by atoms with van der Waals surface area (Å²) in [6, 6.07) is 13.1. The van der Waals surface area contributed by atoms with E-state index in [4.69, 9.17) is 4.74 Å². The maximum absolute atomic E-state index is 12.7. The van der Waals surface area contributed by atoms with Gasteiger partial charge < -0.3 is 15.0 Å². The van der Waals surface area contributed by atoms with Gasteiger partial charge in [0.1, 0.15) is 5.75 Å². The Labute approximate surface area is 164 Å². The van der Waals surface area contributed by atoms with Crippen molar-refractivity contribution in [1.82, 2.24) is 5.32 Å². The number of benzene rings is 2. The molecule has 1 aliphatic rings. The molecule has 1 aliphatic heterocycles. The van der Waals surface area contributed by atoms with Crippen LogP contribution in [0.2, 0.25) is 0 Å². The quantitative estimate of drug-likeness (QED) is 0.845. The van der Waals surface area contributed by atoms with E-state index >= 15 is 0 Å². The summed E-state index contributed by atoms with van der Waals surface area (Å²) in [6.07, 6.45) is 0.309. The van der Waals surface area contributed by atoms with E-state index in [0.717, 1.165) is 11.8 Å². The highest BCUT2D eigenvalue weighted by Crippen LogP contribution is 2.33. The standard InChI is InChI=1S/C20H22N2O5S/c1-13(15-8-10-16(11-9-15)28(3,25)26)21-20(24)19-12-22(14(2)23)17-6-4-5-7-18(17)27-19/h4-11,13,19H,12H2,1-3H3,(H,21,24)/t13-,19+/m1/s1. The summed E-state index contributed by atoms with van der Waals surface area (Å²) in [5.74, 6) is -0.0346. The molecule has 0 saturated carbocycles. The van der Waals surface area contributed by atoms with Crippen LogP contribution in [0.25, 0.3) is 0 Å². The predicted octanol–water partition coefficient (Wildman–Crippen LogP) is 2.08. The lowest BCUT2D eigenvalue weighted by molar-refractivity contribution is -0.129. The van der Waals surface area contributed by atoms with Crippen LogP contribution in [0.5, 0.6) is 5.75 Å². The second-order valence-electron chi connectivity index (χ2n) is 6.78. The van der Waals surface area contributed by atoms with Gasteiger partial charge in [0.25, 0.3) is 5.91 Å². The summed E-state index contributed by atoms with van der Waals surface area (Å²) in [5.41, 5.74) is 1.41. The van der Waals surface area contributed by atoms with Crippen LogP contribution >= 0.6 is 0 Å². The fourth-order valence-corrected chi connectivity index (χ4v) is 3.69. The lowest BCUT2D eigenvalue weighted by Crippen LogP contribution is -2.50. The van der Waals surface area contributed by atoms with Crippen LogP contribution in [0, 0.1) is 0 Å². The van der Waals surface area contributed by atoms with Crippen LogP contribution < -0.4 is 15.0 Å². The van der Waals surface area contributed by atoms with Crippen molar-refractivity contribution in [1.29, 1.82) is 0 Å². The average Bonchev–Trinajstić information content (AvgIpc) is 2.66. The van der Waals surface area contributed by atoms with Crippen molar-refractivity contribution in [3.05, 3.63) is 54.1 Å². The second kappa shape index (κ2) is 7.63. The number of nitrogens with one attached hydrogen (secondary N) is 1. The Kier molecular flexibility index (Phi) is 5.42. The topological polar surface area (TPSA) is 92.8 Å². The Morgan fingerprint density at radius 3 is 2.39 bits per heavy atom. The lowest BCUT2D eigenvalue weighted by Gasteiger charge is -2.34. The molecule has 1 N–H and O–H groups in total. The maximum atomic E-state index is 12.7. The van der Waals surface area contributed by atoms with Gasteiger partial charge in [-0.05, 0) is 36.8 Å². The maximum Gasteiger partial charge on any atom is 0.263 e. The van der Waals surface area contributed by atoms with E-state index in [2.05, 4.69) is 5.32 Å². The smallest absolute Gasteiger partial charge is 0.263 e. The van der Waals surface area contributed by atoms with Crippen molar-refractivity contribution >= 4 is 27.3 Å². The summed E-state index contributed by atoms with van der Waals surface area (Å²) >= 11 is 0. The number of ether oxygens (including phenoxy) is 1. The number of hydrogen-bond acceptors (Lipinski definition) is 5. The summed E-state index contributed by atoms with van der Waals surface area (Å²) in [6.45, 7) is 3.37. The second-order valence-corrected chi connectivity index (χ2v) is 8.79. The number of hydrogen-bond donors (Lipinski definition) is 1. The number of carbonyl (C=O) groups is 2. The highest BCUT2D eigenvalue weighted by molar-refractivity contribution is 7.90. The van der Waals surface area contributed by atoms with Crippen LogP contribution in [0.3, 0.4) is 0 Å². The summed E-state index contributed by atoms with van der Waals surface area (Å²) < 4.78 is 28.9. The first kappa shape index (κ1) is 19.9. The molecular weight excluding hydrogens is 380 g/mol. The van der Waals surface area contributed by atoms with Gasteiger partial charge in [-0.3, -0.25) is 9.59 Å². The molecule has 7 nitrogen and oxygen atoms in total. The van der Waals surface area contributed by atoms with Crippen molar-refractivity contribution in [2.45, 2.75) is 30.9 Å². The van der Waals surface area contributed by atoms with E-state index in [1.54, 1.807) is 43.3 Å². The third kappa shape index (κ3) is 4.17. The molecular formula is C20H22N2O5S. The van der Waals surface area contributed by atoms with Crippen LogP contribution in [0.4, 0.5) is 5.69 Å². The van der Waals surface area contributed by atoms with Gasteiger partial charge in [0.05, 0.1) is 23.2 Å². The minimum atomic E-state index is -3.27. The fraction of sp³-hybridized carbons (Fsp3) is 0.300. The van der Waals surface area contributed by atoms with E-state index in [0.29, 0.717) is 11.4 Å². The highest BCUT2D eigenvalue weighted by Gasteiger charge is 2.33. The fourth-order valence-electron chi connectivity index (χ4n) is 3.06. The molecule has 2 aromatic rings. The number of carbonyl (C=O) groups excluding carboxylic acids is 2. The summed E-state index contributed by atoms with van der Waals surface area (Å²) in [5, 5.41) is 2.86. The predicted molar refractivity (Wildman–Crippen MR) is 105 cm³/mol. The Hall–Kier alpha value is -2.87. The Morgan fingerprint density at radius 2 is 1.79 bits per heavy atom. The first-order valence-corrected chi connectivity index (χ1v) is 10.7. The molecule has 0 radical (unpaired) electrons. The number of sulfone groups is 1. The van der Waals surface area contributed by atoms with Crippen molar-refractivity contribution in [2.24, 2.45) is 0 Å². The van der Waals surface area contributed by atoms with E-state index in [1.165, 1.54) is 24.0 Å². The minimum Gasteiger partial charge on any atom is -0.477 e. The van der Waals surface area contributed by atoms with Crippen LogP contribution in [-0.2, 0) is 19.4 Å². The Balaban J connectivity index is 1.73. The molecule has 1 heterocycles. The van der Waals surface area contributed by atoms with Crippen molar-refractivity contribution in [3.8, 4) is 5.75 Å². The van der Waals surface area contributed by atoms with Gasteiger partial charge in [0, 0.05) is 13.2 Å². The molecule has 2 atom stereocenters. The molecule has 2 amide bonds. The van der Waals surface area contributed by atoms with Crippen molar-refractivity contribution in [2.75, 3.05) is 17.7 Å². The molecule has 0 saturated heterocycles. The number of fused-ring (bicyclic) bond motifs is 1. The first-order valence-electron chi connectivity index (χ1n) is 8.81. The van der Waals surface area contributed by atoms with Gasteiger partial charge in [0.2, 0.25) is 5.91 Å². The third-order valence-electron chi connectivity index (χ3n) is 4.61. The average molecular weight is 402 g/mol. The monoisotopic (exact) mass is 402 g/mol. The number of para-hydroxylation sites is 2. The Morgan fingerprint density at radius 1 is 1.14 bits per heavy atom. The molecule has 28 heavy (non-hydrogen) atoms. The summed E-state index contributed by atoms with van der Waals surface area (Å²) in [4.78, 5) is 26.4. The number of nitrogens with zero attached hydrogens (tertiary/aromatic N) is 1. The molecule has 0 spiro atoms. The van der Waals surface area contributed by atoms with Crippen LogP contribution in [0.1, 0.15) is 25.5 Å². The molecule has 2 aromatic carbocycles. The summed E-state index contributed by atoms with van der Waals surface area (Å²) in [7, 11) is -3.27. The molecule has 0 aromatic heterocycles. The molecule has 0 bridgehead atoms. The highest BCUT2D eigenvalue weighted by atomic mass is 32.2. The van der Waals surface area contributed by atoms with E-state index in [9.17, 15) is 18.0 Å². The van der Waals surface area contributed by atoms with Gasteiger partial charge in [0.15, 0.2) is 15.9 Å². The molecule has 0 unspecified atom stereocenters. The van der Waals surface area contributed by atoms with Gasteiger partial charge in [-0.25, -0.2) is 8.42 Å². The van der Waals surface area contributed by atoms with E-state index in [1.807, 2.05) is 0 Å². The third-order valence-corrected chi connectivity index (χ3v) is 5.74. The van der Waals surface area contributed by atoms with Gasteiger partial charge >= 0.3 is 0 Å². The van der Waals surface area contributed by atoms with Gasteiger partial charge in [-0.15, -0.1) is 0 Å². The zero-order valence-corrected chi connectivity index (χ0v) is 16.7. The van der Waals surface area contributed by atoms with Crippen molar-refractivity contribution in [3.63, 3.8) is 0 Å². The molecule has 0 fully saturated rings. The Bertz CT molecular complexity index is 1000. The molecule has 8 heteroatoms. The number of anilines is 1. The van der Waals surface area contributed by atoms with E-state index in [-0.39, 0.29) is 29.3 Å². The van der Waals surface area contributed by atoms with Gasteiger partial charge in [-0.2, -0.15) is 0 Å².